The molecule has 1 nitrogen and oxygen atoms in total. The molecule has 0 heterocycles. The molecule has 3 aromatic rings. The van der Waals surface area contributed by atoms with E-state index in [0.29, 0.717) is 0 Å². The predicted octanol–water partition coefficient (Wildman–Crippen LogP) is 6.01. The lowest BCUT2D eigenvalue weighted by atomic mass is 10.0. The number of hydrogen-bond donors (Lipinski definition) is 0. The van der Waals surface area contributed by atoms with Crippen LogP contribution in [0.15, 0.2) is 66.7 Å². The first kappa shape index (κ1) is 20.3. The average molecular weight is 379 g/mol. The van der Waals surface area contributed by atoms with E-state index in [9.17, 15) is 0 Å². The Balaban J connectivity index is 1.78. The molecule has 0 aliphatic carbocycles. The van der Waals surface area contributed by atoms with Crippen LogP contribution in [0, 0.1) is 23.7 Å². The Labute approximate surface area is 174 Å². The van der Waals surface area contributed by atoms with Crippen molar-refractivity contribution in [2.75, 3.05) is 7.11 Å². The lowest BCUT2D eigenvalue weighted by Gasteiger charge is -2.02. The van der Waals surface area contributed by atoms with Crippen LogP contribution in [0.2, 0.25) is 0 Å². The molecule has 0 unspecified atom stereocenters. The van der Waals surface area contributed by atoms with Gasteiger partial charge >= 0.3 is 0 Å². The van der Waals surface area contributed by atoms with E-state index in [1.165, 1.54) is 17.5 Å². The fourth-order valence-electron chi connectivity index (χ4n) is 3.09. The second-order valence-corrected chi connectivity index (χ2v) is 6.90. The van der Waals surface area contributed by atoms with Crippen LogP contribution < -0.4 is 4.74 Å². The Bertz CT molecular complexity index is 1070. The fourth-order valence-corrected chi connectivity index (χ4v) is 3.09. The Morgan fingerprint density at radius 3 is 1.90 bits per heavy atom. The van der Waals surface area contributed by atoms with Gasteiger partial charge in [-0.1, -0.05) is 56.1 Å². The first-order chi connectivity index (χ1) is 14.2. The molecule has 0 radical (unpaired) electrons. The smallest absolute Gasteiger partial charge is 0.118 e. The quantitative estimate of drug-likeness (QED) is 0.505. The molecule has 0 aliphatic heterocycles. The zero-order valence-electron chi connectivity index (χ0n) is 17.4. The van der Waals surface area contributed by atoms with Gasteiger partial charge in [-0.3, -0.25) is 0 Å². The molecule has 0 amide bonds. The maximum absolute atomic E-state index is 5.19. The molecule has 1 heteroatoms. The largest absolute Gasteiger partial charge is 0.497 e. The van der Waals surface area contributed by atoms with Crippen molar-refractivity contribution < 1.29 is 4.74 Å². The van der Waals surface area contributed by atoms with E-state index >= 15 is 0 Å². The van der Waals surface area contributed by atoms with Crippen molar-refractivity contribution in [2.24, 2.45) is 0 Å². The molecule has 0 saturated carbocycles. The fraction of sp³-hybridized carbons (Fsp3) is 0.214. The summed E-state index contributed by atoms with van der Waals surface area (Å²) in [7, 11) is 1.67. The minimum absolute atomic E-state index is 0.840. The number of methoxy groups -OCH3 is 1. The molecule has 29 heavy (non-hydrogen) atoms. The number of aryl methyl sites for hydroxylation is 2. The van der Waals surface area contributed by atoms with E-state index < -0.39 is 0 Å². The lowest BCUT2D eigenvalue weighted by Crippen LogP contribution is -1.90. The summed E-state index contributed by atoms with van der Waals surface area (Å²) in [6.45, 7) is 4.35. The van der Waals surface area contributed by atoms with Crippen LogP contribution in [0.4, 0.5) is 0 Å². The Morgan fingerprint density at radius 1 is 0.690 bits per heavy atom. The van der Waals surface area contributed by atoms with Gasteiger partial charge < -0.3 is 4.74 Å². The molecule has 0 bridgehead atoms. The van der Waals surface area contributed by atoms with Gasteiger partial charge in [0, 0.05) is 22.3 Å². The van der Waals surface area contributed by atoms with Gasteiger partial charge in [0.1, 0.15) is 5.75 Å². The van der Waals surface area contributed by atoms with Gasteiger partial charge in [-0.25, -0.2) is 0 Å². The standard InChI is InChI=1S/C28H26O/c1-4-6-22-7-9-23(10-8-22)11-12-25-14-18-27(26(5-2)21-25)17-13-24-15-19-28(29-3)20-16-24/h7-10,14-16,18-21H,4-6H2,1-3H3. The summed E-state index contributed by atoms with van der Waals surface area (Å²) < 4.78 is 5.19. The van der Waals surface area contributed by atoms with Crippen molar-refractivity contribution in [3.05, 3.63) is 100 Å². The Kier molecular flexibility index (Phi) is 7.16. The summed E-state index contributed by atoms with van der Waals surface area (Å²) in [6.07, 6.45) is 3.21. The number of ether oxygens (including phenoxy) is 1. The highest BCUT2D eigenvalue weighted by Crippen LogP contribution is 2.14. The number of benzene rings is 3. The highest BCUT2D eigenvalue weighted by atomic mass is 16.5. The minimum Gasteiger partial charge on any atom is -0.497 e. The van der Waals surface area contributed by atoms with Crippen molar-refractivity contribution in [1.29, 1.82) is 0 Å². The third-order valence-electron chi connectivity index (χ3n) is 4.76. The normalized spacial score (nSPS) is 9.76. The Hall–Kier alpha value is -3.42. The van der Waals surface area contributed by atoms with Gasteiger partial charge in [-0.2, -0.15) is 0 Å². The molecule has 3 aromatic carbocycles. The van der Waals surface area contributed by atoms with Crippen LogP contribution in [-0.2, 0) is 12.8 Å². The van der Waals surface area contributed by atoms with Crippen molar-refractivity contribution in [3.8, 4) is 29.4 Å². The predicted molar refractivity (Wildman–Crippen MR) is 121 cm³/mol. The highest BCUT2D eigenvalue weighted by molar-refractivity contribution is 5.52. The maximum atomic E-state index is 5.19. The van der Waals surface area contributed by atoms with E-state index in [4.69, 9.17) is 4.74 Å². The molecular weight excluding hydrogens is 352 g/mol. The molecule has 0 saturated heterocycles. The van der Waals surface area contributed by atoms with Crippen molar-refractivity contribution in [2.45, 2.75) is 33.1 Å². The van der Waals surface area contributed by atoms with Gasteiger partial charge in [0.15, 0.2) is 0 Å². The van der Waals surface area contributed by atoms with Crippen LogP contribution in [0.25, 0.3) is 0 Å². The van der Waals surface area contributed by atoms with Crippen LogP contribution in [-0.4, -0.2) is 7.11 Å². The number of hydrogen-bond acceptors (Lipinski definition) is 1. The molecule has 0 fully saturated rings. The molecule has 0 aromatic heterocycles. The summed E-state index contributed by atoms with van der Waals surface area (Å²) in [6, 6.07) is 22.6. The first-order valence-corrected chi connectivity index (χ1v) is 10.1. The molecule has 0 aliphatic rings. The van der Waals surface area contributed by atoms with Gasteiger partial charge in [-0.15, -0.1) is 0 Å². The van der Waals surface area contributed by atoms with E-state index in [0.717, 1.165) is 40.8 Å². The minimum atomic E-state index is 0.840. The van der Waals surface area contributed by atoms with E-state index in [2.05, 4.69) is 80.0 Å². The van der Waals surface area contributed by atoms with Crippen LogP contribution in [0.5, 0.6) is 5.75 Å². The van der Waals surface area contributed by atoms with Gasteiger partial charge in [0.05, 0.1) is 7.11 Å². The summed E-state index contributed by atoms with van der Waals surface area (Å²) in [5.41, 5.74) is 6.68. The highest BCUT2D eigenvalue weighted by Gasteiger charge is 2.00. The maximum Gasteiger partial charge on any atom is 0.118 e. The van der Waals surface area contributed by atoms with E-state index in [1.807, 2.05) is 24.3 Å². The van der Waals surface area contributed by atoms with Crippen LogP contribution in [0.1, 0.15) is 53.6 Å². The summed E-state index contributed by atoms with van der Waals surface area (Å²) in [5, 5.41) is 0. The SMILES string of the molecule is CCCc1ccc(C#Cc2ccc(C#Cc3ccc(OC)cc3)c(CC)c2)cc1. The monoisotopic (exact) mass is 378 g/mol. The van der Waals surface area contributed by atoms with Crippen molar-refractivity contribution >= 4 is 0 Å². The lowest BCUT2D eigenvalue weighted by molar-refractivity contribution is 0.415. The number of rotatable bonds is 4. The third kappa shape index (κ3) is 5.78. The van der Waals surface area contributed by atoms with Crippen LogP contribution in [0.3, 0.4) is 0 Å². The van der Waals surface area contributed by atoms with E-state index in [-0.39, 0.29) is 0 Å². The van der Waals surface area contributed by atoms with Gasteiger partial charge in [0.2, 0.25) is 0 Å². The van der Waals surface area contributed by atoms with Crippen molar-refractivity contribution in [1.82, 2.24) is 0 Å². The van der Waals surface area contributed by atoms with Gasteiger partial charge in [0.25, 0.3) is 0 Å². The average Bonchev–Trinajstić information content (AvgIpc) is 2.78. The van der Waals surface area contributed by atoms with Gasteiger partial charge in [-0.05, 0) is 78.6 Å². The second-order valence-electron chi connectivity index (χ2n) is 6.90. The topological polar surface area (TPSA) is 9.23 Å². The molecule has 0 atom stereocenters. The molecule has 144 valence electrons. The first-order valence-electron chi connectivity index (χ1n) is 10.1. The Morgan fingerprint density at radius 2 is 1.28 bits per heavy atom. The van der Waals surface area contributed by atoms with E-state index in [1.54, 1.807) is 7.11 Å². The third-order valence-corrected chi connectivity index (χ3v) is 4.76. The van der Waals surface area contributed by atoms with Crippen molar-refractivity contribution in [3.63, 3.8) is 0 Å². The molecular formula is C28H26O. The van der Waals surface area contributed by atoms with Crippen LogP contribution >= 0.6 is 0 Å². The molecule has 3 rings (SSSR count). The second kappa shape index (κ2) is 10.2. The summed E-state index contributed by atoms with van der Waals surface area (Å²) in [4.78, 5) is 0. The zero-order chi connectivity index (χ0) is 20.5. The summed E-state index contributed by atoms with van der Waals surface area (Å²) in [5.74, 6) is 13.9. The molecule has 0 N–H and O–H groups in total. The zero-order valence-corrected chi connectivity index (χ0v) is 17.4. The summed E-state index contributed by atoms with van der Waals surface area (Å²) >= 11 is 0. The molecule has 0 spiro atoms.